The molecule has 1 aromatic heterocycles. The normalized spacial score (nSPS) is 16.2. The molecule has 0 aliphatic carbocycles. The minimum atomic E-state index is -0.852. The Kier molecular flexibility index (Phi) is 3.78. The van der Waals surface area contributed by atoms with Crippen LogP contribution in [0.4, 0.5) is 8.78 Å². The van der Waals surface area contributed by atoms with Crippen molar-refractivity contribution in [3.8, 4) is 22.5 Å². The van der Waals surface area contributed by atoms with Crippen LogP contribution >= 0.6 is 0 Å². The van der Waals surface area contributed by atoms with Gasteiger partial charge in [-0.1, -0.05) is 30.3 Å². The molecular formula is C19H14F2N2O. The molecule has 3 nitrogen and oxygen atoms in total. The van der Waals surface area contributed by atoms with Crippen molar-refractivity contribution in [2.24, 2.45) is 0 Å². The summed E-state index contributed by atoms with van der Waals surface area (Å²) in [5, 5.41) is 0. The van der Waals surface area contributed by atoms with E-state index in [4.69, 9.17) is 4.74 Å². The number of epoxide rings is 1. The second kappa shape index (κ2) is 6.09. The lowest BCUT2D eigenvalue weighted by Crippen LogP contribution is -1.96. The summed E-state index contributed by atoms with van der Waals surface area (Å²) >= 11 is 0. The highest BCUT2D eigenvalue weighted by atomic mass is 19.2. The molecule has 24 heavy (non-hydrogen) atoms. The number of benzene rings is 2. The fourth-order valence-electron chi connectivity index (χ4n) is 2.55. The Bertz CT molecular complexity index is 860. The number of hydrogen-bond donors (Lipinski definition) is 0. The van der Waals surface area contributed by atoms with E-state index in [0.717, 1.165) is 35.8 Å². The Labute approximate surface area is 138 Å². The van der Waals surface area contributed by atoms with E-state index >= 15 is 0 Å². The van der Waals surface area contributed by atoms with E-state index in [9.17, 15) is 8.78 Å². The van der Waals surface area contributed by atoms with Gasteiger partial charge in [0.1, 0.15) is 0 Å². The molecule has 0 spiro atoms. The van der Waals surface area contributed by atoms with Crippen molar-refractivity contribution in [2.45, 2.75) is 12.5 Å². The Balaban J connectivity index is 1.55. The molecule has 2 heterocycles. The summed E-state index contributed by atoms with van der Waals surface area (Å²) in [6.07, 6.45) is 4.78. The first kappa shape index (κ1) is 14.9. The quantitative estimate of drug-likeness (QED) is 0.680. The molecule has 1 unspecified atom stereocenters. The van der Waals surface area contributed by atoms with Crippen LogP contribution in [0.5, 0.6) is 0 Å². The molecule has 1 aliphatic heterocycles. The third kappa shape index (κ3) is 3.16. The van der Waals surface area contributed by atoms with Crippen molar-refractivity contribution in [2.75, 3.05) is 6.61 Å². The topological polar surface area (TPSA) is 38.3 Å². The minimum absolute atomic E-state index is 0.315. The molecule has 2 aromatic carbocycles. The van der Waals surface area contributed by atoms with Crippen LogP contribution < -0.4 is 0 Å². The molecule has 1 saturated heterocycles. The average Bonchev–Trinajstić information content (AvgIpc) is 3.42. The molecule has 0 amide bonds. The molecule has 1 fully saturated rings. The first-order chi connectivity index (χ1) is 11.7. The molecule has 5 heteroatoms. The summed E-state index contributed by atoms with van der Waals surface area (Å²) in [7, 11) is 0. The monoisotopic (exact) mass is 324 g/mol. The molecule has 120 valence electrons. The van der Waals surface area contributed by atoms with Crippen LogP contribution in [0.15, 0.2) is 54.9 Å². The van der Waals surface area contributed by atoms with E-state index < -0.39 is 11.6 Å². The van der Waals surface area contributed by atoms with Crippen molar-refractivity contribution in [1.29, 1.82) is 0 Å². The summed E-state index contributed by atoms with van der Waals surface area (Å²) in [5.41, 5.74) is 3.36. The summed E-state index contributed by atoms with van der Waals surface area (Å²) in [5.74, 6) is -1.07. The second-order valence-corrected chi connectivity index (χ2v) is 5.78. The van der Waals surface area contributed by atoms with Crippen LogP contribution in [0.1, 0.15) is 5.56 Å². The van der Waals surface area contributed by atoms with Gasteiger partial charge in [0, 0.05) is 24.4 Å². The lowest BCUT2D eigenvalue weighted by atomic mass is 10.0. The highest BCUT2D eigenvalue weighted by molar-refractivity contribution is 5.67. The van der Waals surface area contributed by atoms with Gasteiger partial charge in [0.2, 0.25) is 0 Å². The maximum atomic E-state index is 13.3. The smallest absolute Gasteiger partial charge is 0.159 e. The van der Waals surface area contributed by atoms with Gasteiger partial charge in [-0.05, 0) is 28.8 Å². The number of rotatable bonds is 4. The predicted octanol–water partition coefficient (Wildman–Crippen LogP) is 4.03. The maximum Gasteiger partial charge on any atom is 0.159 e. The molecule has 0 bridgehead atoms. The van der Waals surface area contributed by atoms with Crippen LogP contribution in [0.25, 0.3) is 22.5 Å². The third-order valence-corrected chi connectivity index (χ3v) is 3.97. The molecule has 4 rings (SSSR count). The van der Waals surface area contributed by atoms with Gasteiger partial charge in [-0.3, -0.25) is 0 Å². The van der Waals surface area contributed by atoms with Gasteiger partial charge in [-0.25, -0.2) is 18.7 Å². The molecule has 0 saturated carbocycles. The number of aromatic nitrogens is 2. The van der Waals surface area contributed by atoms with Crippen molar-refractivity contribution >= 4 is 0 Å². The van der Waals surface area contributed by atoms with Crippen LogP contribution in [-0.4, -0.2) is 22.7 Å². The van der Waals surface area contributed by atoms with Crippen molar-refractivity contribution in [1.82, 2.24) is 9.97 Å². The second-order valence-electron chi connectivity index (χ2n) is 5.78. The summed E-state index contributed by atoms with van der Waals surface area (Å²) in [6.45, 7) is 0.813. The Morgan fingerprint density at radius 1 is 0.875 bits per heavy atom. The standard InChI is InChI=1S/C19H14F2N2O/c20-17-6-5-15(8-18(17)21)13-1-3-14(4-2-13)19-22-9-12(10-23-19)7-16-11-24-16/h1-6,8-10,16H,7,11H2. The largest absolute Gasteiger partial charge is 0.373 e. The van der Waals surface area contributed by atoms with Crippen LogP contribution in [-0.2, 0) is 11.2 Å². The van der Waals surface area contributed by atoms with Gasteiger partial charge in [0.15, 0.2) is 17.5 Å². The third-order valence-electron chi connectivity index (χ3n) is 3.97. The minimum Gasteiger partial charge on any atom is -0.373 e. The zero-order valence-electron chi connectivity index (χ0n) is 12.7. The Hall–Kier alpha value is -2.66. The van der Waals surface area contributed by atoms with Gasteiger partial charge in [0.05, 0.1) is 12.7 Å². The number of ether oxygens (including phenoxy) is 1. The van der Waals surface area contributed by atoms with Crippen molar-refractivity contribution < 1.29 is 13.5 Å². The van der Waals surface area contributed by atoms with Gasteiger partial charge < -0.3 is 4.74 Å². The summed E-state index contributed by atoms with van der Waals surface area (Å²) < 4.78 is 31.5. The fraction of sp³-hybridized carbons (Fsp3) is 0.158. The van der Waals surface area contributed by atoms with E-state index in [-0.39, 0.29) is 0 Å². The summed E-state index contributed by atoms with van der Waals surface area (Å²) in [4.78, 5) is 8.76. The van der Waals surface area contributed by atoms with Crippen molar-refractivity contribution in [3.05, 3.63) is 72.1 Å². The van der Waals surface area contributed by atoms with Crippen LogP contribution in [0.2, 0.25) is 0 Å². The molecule has 3 aromatic rings. The Morgan fingerprint density at radius 2 is 1.50 bits per heavy atom. The summed E-state index contributed by atoms with van der Waals surface area (Å²) in [6, 6.07) is 11.3. The lowest BCUT2D eigenvalue weighted by Gasteiger charge is -2.05. The Morgan fingerprint density at radius 3 is 2.12 bits per heavy atom. The molecule has 1 atom stereocenters. The lowest BCUT2D eigenvalue weighted by molar-refractivity contribution is 0.407. The highest BCUT2D eigenvalue weighted by Gasteiger charge is 2.22. The van der Waals surface area contributed by atoms with Gasteiger partial charge in [0.25, 0.3) is 0 Å². The maximum absolute atomic E-state index is 13.3. The first-order valence-corrected chi connectivity index (χ1v) is 7.67. The molecule has 1 aliphatic rings. The zero-order valence-corrected chi connectivity index (χ0v) is 12.7. The number of hydrogen-bond acceptors (Lipinski definition) is 3. The zero-order chi connectivity index (χ0) is 16.5. The molecular weight excluding hydrogens is 310 g/mol. The van der Waals surface area contributed by atoms with E-state index in [1.165, 1.54) is 6.07 Å². The van der Waals surface area contributed by atoms with Crippen LogP contribution in [0, 0.1) is 11.6 Å². The highest BCUT2D eigenvalue weighted by Crippen LogP contribution is 2.24. The van der Waals surface area contributed by atoms with Gasteiger partial charge in [-0.15, -0.1) is 0 Å². The van der Waals surface area contributed by atoms with E-state index in [0.29, 0.717) is 17.5 Å². The van der Waals surface area contributed by atoms with Crippen LogP contribution in [0.3, 0.4) is 0 Å². The van der Waals surface area contributed by atoms with E-state index in [1.54, 1.807) is 6.07 Å². The van der Waals surface area contributed by atoms with E-state index in [1.807, 2.05) is 36.7 Å². The predicted molar refractivity (Wildman–Crippen MR) is 86.3 cm³/mol. The molecule has 0 radical (unpaired) electrons. The SMILES string of the molecule is Fc1ccc(-c2ccc(-c3ncc(CC4CO4)cn3)cc2)cc1F. The molecule has 0 N–H and O–H groups in total. The van der Waals surface area contributed by atoms with Gasteiger partial charge >= 0.3 is 0 Å². The fourth-order valence-corrected chi connectivity index (χ4v) is 2.55. The van der Waals surface area contributed by atoms with Gasteiger partial charge in [-0.2, -0.15) is 0 Å². The first-order valence-electron chi connectivity index (χ1n) is 7.67. The average molecular weight is 324 g/mol. The number of nitrogens with zero attached hydrogens (tertiary/aromatic N) is 2. The van der Waals surface area contributed by atoms with Crippen molar-refractivity contribution in [3.63, 3.8) is 0 Å². The number of halogens is 2. The van der Waals surface area contributed by atoms with E-state index in [2.05, 4.69) is 9.97 Å².